The highest BCUT2D eigenvalue weighted by molar-refractivity contribution is 5.94. The molecule has 1 heterocycles. The van der Waals surface area contributed by atoms with Gasteiger partial charge >= 0.3 is 0 Å². The van der Waals surface area contributed by atoms with Gasteiger partial charge in [-0.1, -0.05) is 24.0 Å². The molecule has 0 bridgehead atoms. The minimum Gasteiger partial charge on any atom is -0.336 e. The maximum atomic E-state index is 12.4. The number of rotatable bonds is 3. The van der Waals surface area contributed by atoms with Gasteiger partial charge < -0.3 is 10.6 Å². The number of amides is 1. The van der Waals surface area contributed by atoms with E-state index >= 15 is 0 Å². The molecule has 0 aliphatic heterocycles. The smallest absolute Gasteiger partial charge is 0.253 e. The summed E-state index contributed by atoms with van der Waals surface area (Å²) in [5, 5.41) is 0. The van der Waals surface area contributed by atoms with Crippen LogP contribution in [-0.4, -0.2) is 29.4 Å². The summed E-state index contributed by atoms with van der Waals surface area (Å²) in [6, 6.07) is 12.9. The van der Waals surface area contributed by atoms with E-state index in [1.54, 1.807) is 30.3 Å². The first kappa shape index (κ1) is 14.8. The Labute approximate surface area is 124 Å². The Balaban J connectivity index is 2.12. The molecule has 106 valence electrons. The summed E-state index contributed by atoms with van der Waals surface area (Å²) in [7, 11) is 1.76. The van der Waals surface area contributed by atoms with Gasteiger partial charge in [-0.2, -0.15) is 0 Å². The summed E-state index contributed by atoms with van der Waals surface area (Å²) >= 11 is 0. The van der Waals surface area contributed by atoms with E-state index in [0.717, 1.165) is 11.3 Å². The second-order valence-electron chi connectivity index (χ2n) is 4.57. The van der Waals surface area contributed by atoms with E-state index in [-0.39, 0.29) is 5.91 Å². The van der Waals surface area contributed by atoms with Crippen molar-refractivity contribution < 1.29 is 4.79 Å². The molecule has 0 unspecified atom stereocenters. The lowest BCUT2D eigenvalue weighted by atomic mass is 10.1. The molecule has 0 atom stereocenters. The fourth-order valence-corrected chi connectivity index (χ4v) is 1.91. The standard InChI is InChI=1S/C17H17N3O/c1-20(13-16-9-2-3-11-19-16)17(21)15-8-4-6-14(12-15)7-5-10-18/h2-4,6,8-9,11-12H,10,13,18H2,1H3. The number of aromatic nitrogens is 1. The van der Waals surface area contributed by atoms with E-state index in [1.807, 2.05) is 30.3 Å². The molecule has 0 saturated carbocycles. The first-order valence-corrected chi connectivity index (χ1v) is 6.65. The zero-order valence-corrected chi connectivity index (χ0v) is 11.9. The number of hydrogen-bond donors (Lipinski definition) is 1. The van der Waals surface area contributed by atoms with Crippen LogP contribution in [0.2, 0.25) is 0 Å². The molecule has 1 amide bonds. The van der Waals surface area contributed by atoms with Crippen molar-refractivity contribution in [1.82, 2.24) is 9.88 Å². The summed E-state index contributed by atoms with van der Waals surface area (Å²) in [4.78, 5) is 18.3. The van der Waals surface area contributed by atoms with Crippen molar-refractivity contribution in [2.24, 2.45) is 5.73 Å². The van der Waals surface area contributed by atoms with Gasteiger partial charge in [0.1, 0.15) is 0 Å². The van der Waals surface area contributed by atoms with Crippen LogP contribution in [0.5, 0.6) is 0 Å². The molecule has 2 rings (SSSR count). The molecule has 0 fully saturated rings. The zero-order valence-electron chi connectivity index (χ0n) is 11.9. The van der Waals surface area contributed by atoms with Crippen molar-refractivity contribution in [3.63, 3.8) is 0 Å². The van der Waals surface area contributed by atoms with Gasteiger partial charge in [0.15, 0.2) is 0 Å². The Morgan fingerprint density at radius 2 is 2.14 bits per heavy atom. The summed E-state index contributed by atoms with van der Waals surface area (Å²) in [5.74, 6) is 5.65. The molecule has 0 aliphatic rings. The lowest BCUT2D eigenvalue weighted by molar-refractivity contribution is 0.0783. The number of carbonyl (C=O) groups is 1. The molecule has 0 spiro atoms. The normalized spacial score (nSPS) is 9.62. The average Bonchev–Trinajstić information content (AvgIpc) is 2.53. The number of hydrogen-bond acceptors (Lipinski definition) is 3. The molecule has 0 aliphatic carbocycles. The predicted octanol–water partition coefficient (Wildman–Crippen LogP) is 1.66. The SMILES string of the molecule is CN(Cc1ccccn1)C(=O)c1cccc(C#CCN)c1. The van der Waals surface area contributed by atoms with Gasteiger partial charge in [0.05, 0.1) is 18.8 Å². The maximum absolute atomic E-state index is 12.4. The van der Waals surface area contributed by atoms with Crippen LogP contribution in [0.4, 0.5) is 0 Å². The highest BCUT2D eigenvalue weighted by Crippen LogP contribution is 2.09. The molecular formula is C17H17N3O. The summed E-state index contributed by atoms with van der Waals surface area (Å²) in [6.07, 6.45) is 1.72. The van der Waals surface area contributed by atoms with Crippen molar-refractivity contribution in [3.8, 4) is 11.8 Å². The zero-order chi connectivity index (χ0) is 15.1. The first-order valence-electron chi connectivity index (χ1n) is 6.65. The van der Waals surface area contributed by atoms with Crippen LogP contribution in [0.1, 0.15) is 21.6 Å². The highest BCUT2D eigenvalue weighted by Gasteiger charge is 2.12. The van der Waals surface area contributed by atoms with Gasteiger partial charge in [0.2, 0.25) is 0 Å². The van der Waals surface area contributed by atoms with Crippen LogP contribution >= 0.6 is 0 Å². The van der Waals surface area contributed by atoms with Crippen LogP contribution in [-0.2, 0) is 6.54 Å². The minimum absolute atomic E-state index is 0.0583. The van der Waals surface area contributed by atoms with Crippen LogP contribution in [0.3, 0.4) is 0 Å². The number of carbonyl (C=O) groups excluding carboxylic acids is 1. The van der Waals surface area contributed by atoms with Gasteiger partial charge in [0.25, 0.3) is 5.91 Å². The lowest BCUT2D eigenvalue weighted by Gasteiger charge is -2.16. The molecule has 2 N–H and O–H groups in total. The third kappa shape index (κ3) is 4.16. The second-order valence-corrected chi connectivity index (χ2v) is 4.57. The van der Waals surface area contributed by atoms with E-state index < -0.39 is 0 Å². The molecule has 4 nitrogen and oxygen atoms in total. The van der Waals surface area contributed by atoms with Gasteiger partial charge in [-0.3, -0.25) is 9.78 Å². The summed E-state index contributed by atoms with van der Waals surface area (Å²) in [6.45, 7) is 0.774. The van der Waals surface area contributed by atoms with E-state index in [1.165, 1.54) is 0 Å². The Kier molecular flexibility index (Phi) is 5.08. The third-order valence-corrected chi connectivity index (χ3v) is 2.92. The molecule has 21 heavy (non-hydrogen) atoms. The molecule has 1 aromatic heterocycles. The van der Waals surface area contributed by atoms with E-state index in [4.69, 9.17) is 5.73 Å². The fraction of sp³-hybridized carbons (Fsp3) is 0.176. The monoisotopic (exact) mass is 279 g/mol. The quantitative estimate of drug-likeness (QED) is 0.869. The topological polar surface area (TPSA) is 59.2 Å². The third-order valence-electron chi connectivity index (χ3n) is 2.92. The average molecular weight is 279 g/mol. The number of pyridine rings is 1. The Morgan fingerprint density at radius 3 is 2.86 bits per heavy atom. The molecular weight excluding hydrogens is 262 g/mol. The summed E-state index contributed by atoms with van der Waals surface area (Å²) in [5.41, 5.74) is 7.60. The molecule has 2 aromatic rings. The van der Waals surface area contributed by atoms with Crippen molar-refractivity contribution in [3.05, 3.63) is 65.5 Å². The van der Waals surface area contributed by atoms with E-state index in [0.29, 0.717) is 18.7 Å². The molecule has 0 radical (unpaired) electrons. The summed E-state index contributed by atoms with van der Waals surface area (Å²) < 4.78 is 0. The fourth-order valence-electron chi connectivity index (χ4n) is 1.91. The van der Waals surface area contributed by atoms with Crippen molar-refractivity contribution in [2.45, 2.75) is 6.54 Å². The van der Waals surface area contributed by atoms with Gasteiger partial charge in [-0.05, 0) is 30.3 Å². The van der Waals surface area contributed by atoms with Crippen LogP contribution in [0.25, 0.3) is 0 Å². The van der Waals surface area contributed by atoms with Crippen molar-refractivity contribution >= 4 is 5.91 Å². The Morgan fingerprint density at radius 1 is 1.29 bits per heavy atom. The predicted molar refractivity (Wildman–Crippen MR) is 82.4 cm³/mol. The largest absolute Gasteiger partial charge is 0.336 e. The van der Waals surface area contributed by atoms with Crippen molar-refractivity contribution in [2.75, 3.05) is 13.6 Å². The highest BCUT2D eigenvalue weighted by atomic mass is 16.2. The van der Waals surface area contributed by atoms with Crippen LogP contribution < -0.4 is 5.73 Å². The lowest BCUT2D eigenvalue weighted by Crippen LogP contribution is -2.26. The molecule has 0 saturated heterocycles. The van der Waals surface area contributed by atoms with Gasteiger partial charge in [-0.15, -0.1) is 0 Å². The Bertz CT molecular complexity index is 671. The second kappa shape index (κ2) is 7.22. The van der Waals surface area contributed by atoms with Gasteiger partial charge in [-0.25, -0.2) is 0 Å². The number of nitrogens with zero attached hydrogens (tertiary/aromatic N) is 2. The molecule has 4 heteroatoms. The first-order chi connectivity index (χ1) is 10.2. The maximum Gasteiger partial charge on any atom is 0.253 e. The number of nitrogens with two attached hydrogens (primary N) is 1. The number of benzene rings is 1. The molecule has 1 aromatic carbocycles. The Hall–Kier alpha value is -2.64. The van der Waals surface area contributed by atoms with E-state index in [9.17, 15) is 4.79 Å². The van der Waals surface area contributed by atoms with E-state index in [2.05, 4.69) is 16.8 Å². The van der Waals surface area contributed by atoms with Crippen LogP contribution in [0, 0.1) is 11.8 Å². The van der Waals surface area contributed by atoms with Crippen LogP contribution in [0.15, 0.2) is 48.7 Å². The van der Waals surface area contributed by atoms with Crippen molar-refractivity contribution in [1.29, 1.82) is 0 Å². The minimum atomic E-state index is -0.0583. The van der Waals surface area contributed by atoms with Gasteiger partial charge in [0, 0.05) is 24.4 Å².